The third kappa shape index (κ3) is 4.81. The van der Waals surface area contributed by atoms with Crippen LogP contribution in [0.1, 0.15) is 0 Å². The topological polar surface area (TPSA) is 61.7 Å². The molecule has 0 aliphatic rings. The zero-order chi connectivity index (χ0) is 37.5. The molecule has 0 unspecified atom stereocenters. The molecule has 0 saturated carbocycles. The van der Waals surface area contributed by atoms with Gasteiger partial charge in [0.15, 0.2) is 17.5 Å². The molecule has 12 rings (SSSR count). The first-order valence-electron chi connectivity index (χ1n) is 19.1. The van der Waals surface area contributed by atoms with Crippen molar-refractivity contribution >= 4 is 65.6 Å². The van der Waals surface area contributed by atoms with E-state index in [0.717, 1.165) is 61.0 Å². The number of para-hydroxylation sites is 4. The van der Waals surface area contributed by atoms with Gasteiger partial charge >= 0.3 is 0 Å². The Morgan fingerprint density at radius 1 is 0.333 bits per heavy atom. The molecule has 0 bridgehead atoms. The lowest BCUT2D eigenvalue weighted by Crippen LogP contribution is -2.01. The van der Waals surface area contributed by atoms with Crippen LogP contribution in [0.15, 0.2) is 192 Å². The Balaban J connectivity index is 1.19. The lowest BCUT2D eigenvalue weighted by Gasteiger charge is -2.13. The van der Waals surface area contributed by atoms with E-state index in [0.29, 0.717) is 17.5 Å². The molecule has 4 aromatic heterocycles. The third-order valence-corrected chi connectivity index (χ3v) is 11.1. The van der Waals surface area contributed by atoms with E-state index >= 15 is 0 Å². The van der Waals surface area contributed by atoms with Gasteiger partial charge in [-0.1, -0.05) is 133 Å². The molecule has 57 heavy (non-hydrogen) atoms. The van der Waals surface area contributed by atoms with Crippen molar-refractivity contribution in [1.29, 1.82) is 0 Å². The standard InChI is InChI=1S/C51H31N5O/c1-4-16-32(17-5-1)49-52-50(33-18-6-2-7-19-33)54-51(53-49)39-30-35(31-45-46(39)38-24-12-15-27-44(38)57-45)56-41-26-14-11-23-37(41)48-43(56)29-28-42-47(48)36-22-10-13-25-40(36)55(42)34-20-8-3-9-21-34/h1-31H. The number of hydrogen-bond acceptors (Lipinski definition) is 4. The molecule has 266 valence electrons. The van der Waals surface area contributed by atoms with Crippen molar-refractivity contribution in [2.24, 2.45) is 0 Å². The second-order valence-electron chi connectivity index (χ2n) is 14.4. The van der Waals surface area contributed by atoms with Gasteiger partial charge in [0.25, 0.3) is 0 Å². The van der Waals surface area contributed by atoms with Gasteiger partial charge in [0.2, 0.25) is 0 Å². The normalized spacial score (nSPS) is 11.9. The fourth-order valence-corrected chi connectivity index (χ4v) is 8.73. The highest BCUT2D eigenvalue weighted by molar-refractivity contribution is 6.29. The molecule has 6 nitrogen and oxygen atoms in total. The minimum Gasteiger partial charge on any atom is -0.456 e. The number of rotatable bonds is 5. The molecule has 0 fully saturated rings. The molecular weight excluding hydrogens is 699 g/mol. The van der Waals surface area contributed by atoms with Gasteiger partial charge in [0.1, 0.15) is 11.2 Å². The summed E-state index contributed by atoms with van der Waals surface area (Å²) in [7, 11) is 0. The van der Waals surface area contributed by atoms with E-state index < -0.39 is 0 Å². The van der Waals surface area contributed by atoms with E-state index in [1.165, 1.54) is 32.6 Å². The maximum Gasteiger partial charge on any atom is 0.164 e. The Morgan fingerprint density at radius 3 is 1.40 bits per heavy atom. The summed E-state index contributed by atoms with van der Waals surface area (Å²) < 4.78 is 11.4. The summed E-state index contributed by atoms with van der Waals surface area (Å²) in [6.45, 7) is 0. The van der Waals surface area contributed by atoms with Crippen LogP contribution < -0.4 is 0 Å². The van der Waals surface area contributed by atoms with Crippen LogP contribution in [0.4, 0.5) is 0 Å². The van der Waals surface area contributed by atoms with Crippen LogP contribution in [0.25, 0.3) is 111 Å². The molecule has 0 radical (unpaired) electrons. The van der Waals surface area contributed by atoms with Crippen LogP contribution in [0.2, 0.25) is 0 Å². The predicted octanol–water partition coefficient (Wildman–Crippen LogP) is 13.0. The second-order valence-corrected chi connectivity index (χ2v) is 14.4. The SMILES string of the molecule is c1ccc(-c2nc(-c3ccccc3)nc(-c3cc(-n4c5ccccc5c5c6c7ccccc7n(-c7ccccc7)c6ccc54)cc4oc5ccccc5c34)n2)cc1. The highest BCUT2D eigenvalue weighted by Gasteiger charge is 2.24. The molecule has 0 atom stereocenters. The van der Waals surface area contributed by atoms with Gasteiger partial charge in [-0.2, -0.15) is 0 Å². The summed E-state index contributed by atoms with van der Waals surface area (Å²) >= 11 is 0. The van der Waals surface area contributed by atoms with Crippen LogP contribution in [-0.4, -0.2) is 24.1 Å². The summed E-state index contributed by atoms with van der Waals surface area (Å²) in [5.74, 6) is 1.80. The minimum absolute atomic E-state index is 0.579. The van der Waals surface area contributed by atoms with E-state index in [9.17, 15) is 0 Å². The third-order valence-electron chi connectivity index (χ3n) is 11.1. The molecule has 6 heteroatoms. The number of nitrogens with zero attached hydrogens (tertiary/aromatic N) is 5. The van der Waals surface area contributed by atoms with Crippen LogP contribution in [0.3, 0.4) is 0 Å². The molecule has 12 aromatic rings. The van der Waals surface area contributed by atoms with Crippen LogP contribution in [0.5, 0.6) is 0 Å². The van der Waals surface area contributed by atoms with Gasteiger partial charge in [-0.15, -0.1) is 0 Å². The Hall–Kier alpha value is -7.83. The molecule has 0 amide bonds. The number of benzene rings is 8. The Bertz CT molecular complexity index is 3450. The van der Waals surface area contributed by atoms with Crippen LogP contribution in [-0.2, 0) is 0 Å². The van der Waals surface area contributed by atoms with Gasteiger partial charge in [-0.05, 0) is 48.5 Å². The Kier molecular flexibility index (Phi) is 6.83. The number of aromatic nitrogens is 5. The lowest BCUT2D eigenvalue weighted by molar-refractivity contribution is 0.668. The highest BCUT2D eigenvalue weighted by atomic mass is 16.3. The van der Waals surface area contributed by atoms with Gasteiger partial charge in [0, 0.05) is 60.8 Å². The molecule has 0 aliphatic carbocycles. The summed E-state index contributed by atoms with van der Waals surface area (Å²) in [6, 6.07) is 65.4. The minimum atomic E-state index is 0.579. The van der Waals surface area contributed by atoms with Crippen molar-refractivity contribution in [2.45, 2.75) is 0 Å². The van der Waals surface area contributed by atoms with E-state index in [4.69, 9.17) is 19.4 Å². The van der Waals surface area contributed by atoms with E-state index in [-0.39, 0.29) is 0 Å². The van der Waals surface area contributed by atoms with Crippen molar-refractivity contribution < 1.29 is 4.42 Å². The summed E-state index contributed by atoms with van der Waals surface area (Å²) in [5, 5.41) is 6.80. The first-order valence-corrected chi connectivity index (χ1v) is 19.1. The molecule has 0 N–H and O–H groups in total. The molecule has 0 aliphatic heterocycles. The molecule has 0 saturated heterocycles. The fourth-order valence-electron chi connectivity index (χ4n) is 8.73. The summed E-state index contributed by atoms with van der Waals surface area (Å²) in [4.78, 5) is 15.4. The van der Waals surface area contributed by atoms with Crippen molar-refractivity contribution in [3.05, 3.63) is 188 Å². The first kappa shape index (κ1) is 31.5. The van der Waals surface area contributed by atoms with Crippen LogP contribution in [0, 0.1) is 0 Å². The first-order chi connectivity index (χ1) is 28.3. The van der Waals surface area contributed by atoms with E-state index in [1.807, 2.05) is 72.8 Å². The van der Waals surface area contributed by atoms with Crippen molar-refractivity contribution in [2.75, 3.05) is 0 Å². The van der Waals surface area contributed by atoms with Gasteiger partial charge in [0.05, 0.1) is 27.8 Å². The average molecular weight is 730 g/mol. The van der Waals surface area contributed by atoms with Crippen molar-refractivity contribution in [3.8, 4) is 45.5 Å². The second kappa shape index (κ2) is 12.3. The molecule has 8 aromatic carbocycles. The smallest absolute Gasteiger partial charge is 0.164 e. The van der Waals surface area contributed by atoms with E-state index in [1.54, 1.807) is 0 Å². The van der Waals surface area contributed by atoms with Gasteiger partial charge in [-0.3, -0.25) is 0 Å². The quantitative estimate of drug-likeness (QED) is 0.177. The summed E-state index contributed by atoms with van der Waals surface area (Å²) in [6.07, 6.45) is 0. The lowest BCUT2D eigenvalue weighted by atomic mass is 10.0. The maximum atomic E-state index is 6.70. The number of hydrogen-bond donors (Lipinski definition) is 0. The number of fused-ring (bicyclic) bond motifs is 10. The Morgan fingerprint density at radius 2 is 0.807 bits per heavy atom. The number of furan rings is 1. The predicted molar refractivity (Wildman–Crippen MR) is 232 cm³/mol. The molecular formula is C51H31N5O. The van der Waals surface area contributed by atoms with Gasteiger partial charge < -0.3 is 13.6 Å². The molecule has 4 heterocycles. The average Bonchev–Trinajstić information content (AvgIpc) is 3.94. The molecule has 0 spiro atoms. The van der Waals surface area contributed by atoms with Crippen LogP contribution >= 0.6 is 0 Å². The zero-order valence-corrected chi connectivity index (χ0v) is 30.5. The van der Waals surface area contributed by atoms with Gasteiger partial charge in [-0.25, -0.2) is 15.0 Å². The largest absolute Gasteiger partial charge is 0.456 e. The van der Waals surface area contributed by atoms with Crippen molar-refractivity contribution in [1.82, 2.24) is 24.1 Å². The monoisotopic (exact) mass is 729 g/mol. The van der Waals surface area contributed by atoms with E-state index in [2.05, 4.69) is 124 Å². The zero-order valence-electron chi connectivity index (χ0n) is 30.5. The maximum absolute atomic E-state index is 6.70. The van der Waals surface area contributed by atoms with Crippen molar-refractivity contribution in [3.63, 3.8) is 0 Å². The fraction of sp³-hybridized carbons (Fsp3) is 0. The highest BCUT2D eigenvalue weighted by Crippen LogP contribution is 2.44. The summed E-state index contributed by atoms with van der Waals surface area (Å²) in [5.41, 5.74) is 10.9. The Labute approximate surface area is 326 Å².